The summed E-state index contributed by atoms with van der Waals surface area (Å²) in [4.78, 5) is 25.4. The number of carbonyl (C=O) groups is 1. The Morgan fingerprint density at radius 1 is 1.17 bits per heavy atom. The van der Waals surface area contributed by atoms with Crippen LogP contribution in [-0.2, 0) is 0 Å². The number of nitrogens with zero attached hydrogens (tertiary/aromatic N) is 5. The Kier molecular flexibility index (Phi) is 6.52. The molecule has 0 saturated heterocycles. The first-order chi connectivity index (χ1) is 14.0. The molecule has 0 fully saturated rings. The average Bonchev–Trinajstić information content (AvgIpc) is 2.74. The van der Waals surface area contributed by atoms with Gasteiger partial charge in [-0.2, -0.15) is 10.2 Å². The summed E-state index contributed by atoms with van der Waals surface area (Å²) < 4.78 is 0.579. The van der Waals surface area contributed by atoms with Crippen molar-refractivity contribution in [3.8, 4) is 17.3 Å². The number of hydrazine groups is 1. The molecule has 0 unspecified atom stereocenters. The SMILES string of the molecule is CC(C)CN(NC(=O)c1ccc(-c2ccccc2)nc1)c1nc(C#N)ncc1Br. The minimum Gasteiger partial charge on any atom is -0.267 e. The molecule has 7 nitrogen and oxygen atoms in total. The van der Waals surface area contributed by atoms with Gasteiger partial charge in [-0.15, -0.1) is 0 Å². The van der Waals surface area contributed by atoms with Crippen molar-refractivity contribution in [2.75, 3.05) is 11.6 Å². The van der Waals surface area contributed by atoms with E-state index in [1.54, 1.807) is 17.3 Å². The molecule has 29 heavy (non-hydrogen) atoms. The Morgan fingerprint density at radius 2 is 1.93 bits per heavy atom. The third kappa shape index (κ3) is 5.15. The molecule has 0 saturated carbocycles. The molecule has 1 aromatic carbocycles. The zero-order chi connectivity index (χ0) is 20.8. The first kappa shape index (κ1) is 20.4. The number of amides is 1. The molecule has 0 aliphatic rings. The van der Waals surface area contributed by atoms with Crippen LogP contribution in [0.1, 0.15) is 30.0 Å². The summed E-state index contributed by atoms with van der Waals surface area (Å²) in [6.45, 7) is 4.55. The third-order valence-corrected chi connectivity index (χ3v) is 4.52. The van der Waals surface area contributed by atoms with Gasteiger partial charge < -0.3 is 0 Å². The van der Waals surface area contributed by atoms with Gasteiger partial charge in [0.05, 0.1) is 15.7 Å². The van der Waals surface area contributed by atoms with Gasteiger partial charge in [-0.3, -0.25) is 20.2 Å². The second kappa shape index (κ2) is 9.26. The summed E-state index contributed by atoms with van der Waals surface area (Å²) in [6.07, 6.45) is 3.04. The molecule has 8 heteroatoms. The summed E-state index contributed by atoms with van der Waals surface area (Å²) in [5.41, 5.74) is 5.05. The number of benzene rings is 1. The zero-order valence-corrected chi connectivity index (χ0v) is 17.6. The van der Waals surface area contributed by atoms with Crippen LogP contribution >= 0.6 is 15.9 Å². The van der Waals surface area contributed by atoms with Crippen LogP contribution in [0, 0.1) is 17.2 Å². The molecule has 0 spiro atoms. The van der Waals surface area contributed by atoms with E-state index in [0.29, 0.717) is 22.4 Å². The Bertz CT molecular complexity index is 1030. The normalized spacial score (nSPS) is 10.4. The van der Waals surface area contributed by atoms with E-state index in [2.05, 4.69) is 36.3 Å². The average molecular weight is 451 g/mol. The van der Waals surface area contributed by atoms with E-state index in [9.17, 15) is 4.79 Å². The highest BCUT2D eigenvalue weighted by Crippen LogP contribution is 2.23. The van der Waals surface area contributed by atoms with Crippen LogP contribution in [0.2, 0.25) is 0 Å². The second-order valence-corrected chi connectivity index (χ2v) is 7.57. The lowest BCUT2D eigenvalue weighted by Crippen LogP contribution is -2.45. The van der Waals surface area contributed by atoms with Crippen molar-refractivity contribution in [3.63, 3.8) is 0 Å². The molecule has 2 aromatic heterocycles. The van der Waals surface area contributed by atoms with Gasteiger partial charge in [-0.05, 0) is 34.0 Å². The summed E-state index contributed by atoms with van der Waals surface area (Å²) in [6, 6.07) is 15.2. The van der Waals surface area contributed by atoms with E-state index in [-0.39, 0.29) is 17.6 Å². The smallest absolute Gasteiger partial charge is 0.267 e. The van der Waals surface area contributed by atoms with Crippen LogP contribution in [0.5, 0.6) is 0 Å². The maximum Gasteiger partial charge on any atom is 0.271 e. The van der Waals surface area contributed by atoms with Crippen molar-refractivity contribution in [3.05, 3.63) is 70.7 Å². The van der Waals surface area contributed by atoms with E-state index in [0.717, 1.165) is 11.3 Å². The van der Waals surface area contributed by atoms with E-state index in [4.69, 9.17) is 5.26 Å². The predicted octanol–water partition coefficient (Wildman–Crippen LogP) is 3.98. The number of hydrogen-bond donors (Lipinski definition) is 1. The van der Waals surface area contributed by atoms with Crippen molar-refractivity contribution >= 4 is 27.7 Å². The summed E-state index contributed by atoms with van der Waals surface area (Å²) in [7, 11) is 0. The van der Waals surface area contributed by atoms with Gasteiger partial charge in [-0.25, -0.2) is 4.98 Å². The van der Waals surface area contributed by atoms with Crippen LogP contribution in [0.4, 0.5) is 5.82 Å². The van der Waals surface area contributed by atoms with Crippen molar-refractivity contribution in [2.24, 2.45) is 5.92 Å². The lowest BCUT2D eigenvalue weighted by Gasteiger charge is -2.26. The maximum atomic E-state index is 12.8. The molecule has 2 heterocycles. The molecule has 3 aromatic rings. The molecule has 0 atom stereocenters. The number of nitriles is 1. The minimum atomic E-state index is -0.318. The van der Waals surface area contributed by atoms with E-state index in [1.165, 1.54) is 6.20 Å². The van der Waals surface area contributed by atoms with Gasteiger partial charge >= 0.3 is 0 Å². The number of aromatic nitrogens is 3. The molecule has 1 N–H and O–H groups in total. The monoisotopic (exact) mass is 450 g/mol. The van der Waals surface area contributed by atoms with Gasteiger partial charge in [0.15, 0.2) is 5.82 Å². The van der Waals surface area contributed by atoms with Crippen LogP contribution in [0.15, 0.2) is 59.3 Å². The van der Waals surface area contributed by atoms with Gasteiger partial charge in [0, 0.05) is 24.5 Å². The van der Waals surface area contributed by atoms with Crippen molar-refractivity contribution < 1.29 is 4.79 Å². The molecule has 0 bridgehead atoms. The van der Waals surface area contributed by atoms with Crippen LogP contribution in [0.3, 0.4) is 0 Å². The van der Waals surface area contributed by atoms with Crippen LogP contribution in [0.25, 0.3) is 11.3 Å². The van der Waals surface area contributed by atoms with E-state index >= 15 is 0 Å². The first-order valence-corrected chi connectivity index (χ1v) is 9.80. The van der Waals surface area contributed by atoms with Gasteiger partial charge in [0.2, 0.25) is 5.82 Å². The zero-order valence-electron chi connectivity index (χ0n) is 16.0. The molecule has 0 aliphatic heterocycles. The quantitative estimate of drug-likeness (QED) is 0.570. The fraction of sp³-hybridized carbons (Fsp3) is 0.190. The molecule has 3 rings (SSSR count). The third-order valence-electron chi connectivity index (χ3n) is 3.96. The van der Waals surface area contributed by atoms with Crippen molar-refractivity contribution in [1.29, 1.82) is 5.26 Å². The highest BCUT2D eigenvalue weighted by Gasteiger charge is 2.18. The maximum absolute atomic E-state index is 12.8. The number of halogens is 1. The van der Waals surface area contributed by atoms with Gasteiger partial charge in [0.1, 0.15) is 6.07 Å². The topological polar surface area (TPSA) is 94.8 Å². The van der Waals surface area contributed by atoms with Crippen molar-refractivity contribution in [1.82, 2.24) is 20.4 Å². The summed E-state index contributed by atoms with van der Waals surface area (Å²) in [5, 5.41) is 10.7. The number of hydrogen-bond acceptors (Lipinski definition) is 6. The molecule has 146 valence electrons. The lowest BCUT2D eigenvalue weighted by molar-refractivity contribution is 0.0947. The number of pyridine rings is 1. The fourth-order valence-corrected chi connectivity index (χ4v) is 3.05. The summed E-state index contributed by atoms with van der Waals surface area (Å²) in [5.74, 6) is 0.371. The molecular weight excluding hydrogens is 432 g/mol. The largest absolute Gasteiger partial charge is 0.271 e. The van der Waals surface area contributed by atoms with Crippen LogP contribution in [-0.4, -0.2) is 27.4 Å². The molecule has 0 radical (unpaired) electrons. The highest BCUT2D eigenvalue weighted by molar-refractivity contribution is 9.10. The Morgan fingerprint density at radius 3 is 2.55 bits per heavy atom. The van der Waals surface area contributed by atoms with Gasteiger partial charge in [0.25, 0.3) is 5.91 Å². The van der Waals surface area contributed by atoms with Crippen molar-refractivity contribution in [2.45, 2.75) is 13.8 Å². The highest BCUT2D eigenvalue weighted by atomic mass is 79.9. The standard InChI is InChI=1S/C21H19BrN6O/c1-14(2)13-28(20-17(22)12-25-19(10-23)26-20)27-21(29)16-8-9-18(24-11-16)15-6-4-3-5-7-15/h3-9,11-12,14H,13H2,1-2H3,(H,27,29). The number of carbonyl (C=O) groups excluding carboxylic acids is 1. The first-order valence-electron chi connectivity index (χ1n) is 9.00. The molecule has 0 aliphatic carbocycles. The fourth-order valence-electron chi connectivity index (χ4n) is 2.65. The Labute approximate surface area is 177 Å². The Balaban J connectivity index is 1.83. The second-order valence-electron chi connectivity index (χ2n) is 6.72. The van der Waals surface area contributed by atoms with Gasteiger partial charge in [-0.1, -0.05) is 44.2 Å². The predicted molar refractivity (Wildman–Crippen MR) is 114 cm³/mol. The van der Waals surface area contributed by atoms with E-state index in [1.807, 2.05) is 56.3 Å². The minimum absolute atomic E-state index is 0.0279. The van der Waals surface area contributed by atoms with Crippen LogP contribution < -0.4 is 10.4 Å². The number of nitrogens with one attached hydrogen (secondary N) is 1. The molecule has 1 amide bonds. The Hall–Kier alpha value is -3.31. The molecular formula is C21H19BrN6O. The summed E-state index contributed by atoms with van der Waals surface area (Å²) >= 11 is 3.39. The number of rotatable bonds is 6. The number of anilines is 1. The van der Waals surface area contributed by atoms with E-state index < -0.39 is 0 Å². The lowest BCUT2D eigenvalue weighted by atomic mass is 10.1.